The highest BCUT2D eigenvalue weighted by Crippen LogP contribution is 2.51. The largest absolute Gasteiger partial charge is 0.378 e. The van der Waals surface area contributed by atoms with E-state index in [2.05, 4.69) is 51.6 Å². The van der Waals surface area contributed by atoms with Crippen molar-refractivity contribution in [2.75, 3.05) is 10.0 Å². The van der Waals surface area contributed by atoms with Crippen LogP contribution in [0, 0.1) is 19.8 Å². The fourth-order valence-corrected chi connectivity index (χ4v) is 6.81. The summed E-state index contributed by atoms with van der Waals surface area (Å²) in [7, 11) is -3.71. The predicted molar refractivity (Wildman–Crippen MR) is 138 cm³/mol. The van der Waals surface area contributed by atoms with Crippen molar-refractivity contribution in [3.8, 4) is 0 Å². The van der Waals surface area contributed by atoms with Crippen LogP contribution >= 0.6 is 0 Å². The van der Waals surface area contributed by atoms with E-state index in [1.807, 2.05) is 50.2 Å². The van der Waals surface area contributed by atoms with Crippen molar-refractivity contribution < 1.29 is 8.42 Å². The van der Waals surface area contributed by atoms with E-state index in [0.717, 1.165) is 34.3 Å². The number of H-pyrrole nitrogens is 1. The number of aryl methyl sites for hydroxylation is 2. The third-order valence-corrected chi connectivity index (χ3v) is 8.67. The molecule has 3 atom stereocenters. The number of para-hydroxylation sites is 2. The van der Waals surface area contributed by atoms with Gasteiger partial charge in [0.1, 0.15) is 0 Å². The number of nitrogens with one attached hydrogen (secondary N) is 3. The molecule has 2 aliphatic rings. The van der Waals surface area contributed by atoms with Gasteiger partial charge in [-0.25, -0.2) is 8.42 Å². The molecule has 1 aromatic heterocycles. The monoisotopic (exact) mass is 469 g/mol. The van der Waals surface area contributed by atoms with Crippen LogP contribution in [0.1, 0.15) is 40.6 Å². The highest BCUT2D eigenvalue weighted by atomic mass is 32.2. The Labute approximate surface area is 200 Å². The molecule has 0 fully saturated rings. The van der Waals surface area contributed by atoms with Crippen LogP contribution in [0.2, 0.25) is 0 Å². The molecule has 34 heavy (non-hydrogen) atoms. The normalized spacial score (nSPS) is 21.2. The molecule has 172 valence electrons. The Morgan fingerprint density at radius 2 is 1.74 bits per heavy atom. The van der Waals surface area contributed by atoms with Gasteiger partial charge in [0.15, 0.2) is 0 Å². The molecule has 0 amide bonds. The minimum absolute atomic E-state index is 0.152. The molecule has 2 heterocycles. The molecule has 3 N–H and O–H groups in total. The lowest BCUT2D eigenvalue weighted by Crippen LogP contribution is -2.29. The van der Waals surface area contributed by atoms with Gasteiger partial charge >= 0.3 is 0 Å². The van der Waals surface area contributed by atoms with Crippen LogP contribution in [0.5, 0.6) is 0 Å². The molecule has 6 rings (SSSR count). The second-order valence-corrected chi connectivity index (χ2v) is 11.1. The van der Waals surface area contributed by atoms with Crippen molar-refractivity contribution in [2.45, 2.75) is 37.1 Å². The highest BCUT2D eigenvalue weighted by molar-refractivity contribution is 7.92. The van der Waals surface area contributed by atoms with Gasteiger partial charge in [0.05, 0.1) is 16.6 Å². The Bertz CT molecular complexity index is 1530. The van der Waals surface area contributed by atoms with E-state index in [0.29, 0.717) is 16.5 Å². The summed E-state index contributed by atoms with van der Waals surface area (Å²) in [6, 6.07) is 19.7. The maximum absolute atomic E-state index is 13.3. The second kappa shape index (κ2) is 7.77. The van der Waals surface area contributed by atoms with Gasteiger partial charge in [0.2, 0.25) is 0 Å². The smallest absolute Gasteiger partial charge is 0.261 e. The summed E-state index contributed by atoms with van der Waals surface area (Å²) < 4.78 is 29.5. The summed E-state index contributed by atoms with van der Waals surface area (Å²) in [4.78, 5) is 3.69. The van der Waals surface area contributed by atoms with Crippen molar-refractivity contribution in [1.82, 2.24) is 4.98 Å². The van der Waals surface area contributed by atoms with Crippen LogP contribution in [-0.2, 0) is 10.0 Å². The number of hydrogen-bond acceptors (Lipinski definition) is 3. The lowest BCUT2D eigenvalue weighted by Gasteiger charge is -2.37. The third kappa shape index (κ3) is 3.32. The van der Waals surface area contributed by atoms with Gasteiger partial charge < -0.3 is 10.3 Å². The average Bonchev–Trinajstić information content (AvgIpc) is 3.49. The molecular formula is C28H27N3O2S. The Balaban J connectivity index is 1.38. The van der Waals surface area contributed by atoms with Gasteiger partial charge in [0, 0.05) is 28.7 Å². The number of sulfonamides is 1. The average molecular weight is 470 g/mol. The van der Waals surface area contributed by atoms with E-state index in [9.17, 15) is 8.42 Å². The van der Waals surface area contributed by atoms with E-state index >= 15 is 0 Å². The SMILES string of the molecule is Cc1cccc(C)c1NS(=O)(=O)c1ccc2c(c1)C1C=CCC1C(c1c[nH]c3ccccc13)N2. The number of hydrogen-bond donors (Lipinski definition) is 3. The zero-order chi connectivity index (χ0) is 23.4. The first-order chi connectivity index (χ1) is 16.4. The maximum Gasteiger partial charge on any atom is 0.261 e. The highest BCUT2D eigenvalue weighted by Gasteiger charge is 2.39. The fraction of sp³-hybridized carbons (Fsp3) is 0.214. The van der Waals surface area contributed by atoms with Gasteiger partial charge in [-0.05, 0) is 72.7 Å². The molecule has 0 bridgehead atoms. The molecule has 0 saturated heterocycles. The lowest BCUT2D eigenvalue weighted by molar-refractivity contribution is 0.427. The molecule has 4 aromatic rings. The molecular weight excluding hydrogens is 442 g/mol. The standard InChI is InChI=1S/C28H27N3O2S/c1-17-7-5-8-18(2)27(17)31-34(32,33)19-13-14-26-23(15-19)20-10-6-11-22(20)28(30-26)24-16-29-25-12-4-3-9-21(24)25/h3-10,12-16,20,22,28-31H,11H2,1-2H3. The summed E-state index contributed by atoms with van der Waals surface area (Å²) in [6.45, 7) is 3.83. The number of rotatable bonds is 4. The van der Waals surface area contributed by atoms with Crippen LogP contribution in [0.15, 0.2) is 83.9 Å². The lowest BCUT2D eigenvalue weighted by atomic mass is 9.77. The molecule has 5 nitrogen and oxygen atoms in total. The van der Waals surface area contributed by atoms with E-state index in [4.69, 9.17) is 0 Å². The molecule has 0 saturated carbocycles. The van der Waals surface area contributed by atoms with Crippen LogP contribution in [0.25, 0.3) is 10.9 Å². The minimum Gasteiger partial charge on any atom is -0.378 e. The number of benzene rings is 3. The van der Waals surface area contributed by atoms with Gasteiger partial charge in [-0.2, -0.15) is 0 Å². The zero-order valence-corrected chi connectivity index (χ0v) is 20.0. The number of anilines is 2. The second-order valence-electron chi connectivity index (χ2n) is 9.39. The zero-order valence-electron chi connectivity index (χ0n) is 19.2. The van der Waals surface area contributed by atoms with E-state index in [-0.39, 0.29) is 12.0 Å². The van der Waals surface area contributed by atoms with Crippen LogP contribution in [-0.4, -0.2) is 13.4 Å². The number of fused-ring (bicyclic) bond motifs is 4. The number of aromatic nitrogens is 1. The first-order valence-electron chi connectivity index (χ1n) is 11.6. The van der Waals surface area contributed by atoms with Gasteiger partial charge in [-0.1, -0.05) is 48.6 Å². The van der Waals surface area contributed by atoms with Crippen molar-refractivity contribution in [2.24, 2.45) is 5.92 Å². The molecule has 3 aromatic carbocycles. The maximum atomic E-state index is 13.3. The summed E-state index contributed by atoms with van der Waals surface area (Å²) in [5, 5.41) is 4.96. The molecule has 1 aliphatic heterocycles. The summed E-state index contributed by atoms with van der Waals surface area (Å²) in [5.74, 6) is 0.501. The summed E-state index contributed by atoms with van der Waals surface area (Å²) in [5.41, 5.74) is 6.89. The predicted octanol–water partition coefficient (Wildman–Crippen LogP) is 6.41. The Hall–Kier alpha value is -3.51. The van der Waals surface area contributed by atoms with Crippen LogP contribution in [0.3, 0.4) is 0 Å². The van der Waals surface area contributed by atoms with E-state index in [1.165, 1.54) is 10.9 Å². The first-order valence-corrected chi connectivity index (χ1v) is 13.1. The van der Waals surface area contributed by atoms with Crippen LogP contribution in [0.4, 0.5) is 11.4 Å². The Morgan fingerprint density at radius 3 is 2.56 bits per heavy atom. The van der Waals surface area contributed by atoms with Crippen molar-refractivity contribution in [3.63, 3.8) is 0 Å². The van der Waals surface area contributed by atoms with E-state index < -0.39 is 10.0 Å². The summed E-state index contributed by atoms with van der Waals surface area (Å²) in [6.07, 6.45) is 7.53. The molecule has 1 aliphatic carbocycles. The third-order valence-electron chi connectivity index (χ3n) is 7.32. The Kier molecular flexibility index (Phi) is 4.81. The fourth-order valence-electron chi connectivity index (χ4n) is 5.57. The molecule has 3 unspecified atom stereocenters. The Morgan fingerprint density at radius 1 is 0.941 bits per heavy atom. The van der Waals surface area contributed by atoms with Gasteiger partial charge in [-0.15, -0.1) is 0 Å². The molecule has 0 radical (unpaired) electrons. The molecule has 0 spiro atoms. The van der Waals surface area contributed by atoms with Crippen molar-refractivity contribution in [3.05, 3.63) is 101 Å². The van der Waals surface area contributed by atoms with Crippen molar-refractivity contribution >= 4 is 32.3 Å². The molecule has 6 heteroatoms. The topological polar surface area (TPSA) is 74.0 Å². The van der Waals surface area contributed by atoms with Gasteiger partial charge in [0.25, 0.3) is 10.0 Å². The number of allylic oxidation sites excluding steroid dienone is 2. The van der Waals surface area contributed by atoms with Gasteiger partial charge in [-0.3, -0.25) is 4.72 Å². The van der Waals surface area contributed by atoms with E-state index in [1.54, 1.807) is 6.07 Å². The quantitative estimate of drug-likeness (QED) is 0.302. The number of aromatic amines is 1. The first kappa shape index (κ1) is 21.1. The summed E-state index contributed by atoms with van der Waals surface area (Å²) >= 11 is 0. The van der Waals surface area contributed by atoms with Crippen molar-refractivity contribution in [1.29, 1.82) is 0 Å². The van der Waals surface area contributed by atoms with Crippen LogP contribution < -0.4 is 10.0 Å². The minimum atomic E-state index is -3.71.